The molecule has 246 valence electrons. The lowest BCUT2D eigenvalue weighted by molar-refractivity contribution is -0.122. The number of unbranched alkanes of at least 4 members (excludes halogenated alkanes) is 2. The molecule has 0 fully saturated rings. The van der Waals surface area contributed by atoms with Gasteiger partial charge in [0.25, 0.3) is 11.8 Å². The van der Waals surface area contributed by atoms with E-state index in [4.69, 9.17) is 4.98 Å². The number of benzene rings is 2. The third-order valence-electron chi connectivity index (χ3n) is 8.27. The maximum Gasteiger partial charge on any atom is 0.264 e. The van der Waals surface area contributed by atoms with Crippen LogP contribution in [0.15, 0.2) is 42.6 Å². The highest BCUT2D eigenvalue weighted by atomic mass is 16.2. The van der Waals surface area contributed by atoms with Gasteiger partial charge in [0, 0.05) is 57.1 Å². The normalized spacial score (nSPS) is 13.1. The fourth-order valence-electron chi connectivity index (χ4n) is 5.80. The zero-order valence-corrected chi connectivity index (χ0v) is 26.9. The average molecular weight is 641 g/mol. The Morgan fingerprint density at radius 3 is 2.55 bits per heavy atom. The zero-order valence-electron chi connectivity index (χ0n) is 26.9. The lowest BCUT2D eigenvalue weighted by atomic mass is 10.1. The van der Waals surface area contributed by atoms with Crippen LogP contribution in [0.3, 0.4) is 0 Å². The number of aromatic nitrogens is 3. The average Bonchev–Trinajstić information content (AvgIpc) is 3.58. The van der Waals surface area contributed by atoms with Crippen LogP contribution in [0.4, 0.5) is 11.5 Å². The van der Waals surface area contributed by atoms with Crippen LogP contribution in [0.1, 0.15) is 70.5 Å². The molecule has 0 bridgehead atoms. The van der Waals surface area contributed by atoms with Crippen molar-refractivity contribution in [3.63, 3.8) is 0 Å². The van der Waals surface area contributed by atoms with Gasteiger partial charge in [0.05, 0.1) is 28.2 Å². The zero-order chi connectivity index (χ0) is 33.5. The summed E-state index contributed by atoms with van der Waals surface area (Å²) in [6, 6.07) is 10.1. The van der Waals surface area contributed by atoms with Crippen LogP contribution in [-0.2, 0) is 14.4 Å². The predicted molar refractivity (Wildman–Crippen MR) is 179 cm³/mol. The summed E-state index contributed by atoms with van der Waals surface area (Å²) < 4.78 is 2.09. The van der Waals surface area contributed by atoms with Gasteiger partial charge in [0.15, 0.2) is 11.5 Å². The number of fused-ring (bicyclic) bond motifs is 4. The van der Waals surface area contributed by atoms with Crippen molar-refractivity contribution in [3.05, 3.63) is 65.0 Å². The first-order chi connectivity index (χ1) is 22.7. The molecule has 1 atom stereocenters. The van der Waals surface area contributed by atoms with Gasteiger partial charge in [-0.1, -0.05) is 18.6 Å². The molecule has 0 aliphatic carbocycles. The van der Waals surface area contributed by atoms with Gasteiger partial charge in [0.2, 0.25) is 11.8 Å². The van der Waals surface area contributed by atoms with E-state index >= 15 is 0 Å². The largest absolute Gasteiger partial charge is 0.384 e. The maximum absolute atomic E-state index is 13.2. The van der Waals surface area contributed by atoms with Crippen LogP contribution in [0.5, 0.6) is 0 Å². The molecule has 4 N–H and O–H groups in total. The highest BCUT2D eigenvalue weighted by Crippen LogP contribution is 2.31. The molecule has 13 nitrogen and oxygen atoms in total. The Morgan fingerprint density at radius 1 is 0.936 bits per heavy atom. The van der Waals surface area contributed by atoms with Crippen LogP contribution in [-0.4, -0.2) is 81.9 Å². The van der Waals surface area contributed by atoms with E-state index in [0.717, 1.165) is 45.7 Å². The summed E-state index contributed by atoms with van der Waals surface area (Å²) in [5.41, 5.74) is 5.77. The lowest BCUT2D eigenvalue weighted by Crippen LogP contribution is -2.41. The predicted octanol–water partition coefficient (Wildman–Crippen LogP) is 3.39. The third-order valence-corrected chi connectivity index (χ3v) is 8.27. The number of amides is 4. The summed E-state index contributed by atoms with van der Waals surface area (Å²) in [6.45, 7) is 5.55. The smallest absolute Gasteiger partial charge is 0.264 e. The first kappa shape index (κ1) is 33.0. The quantitative estimate of drug-likeness (QED) is 0.0816. The summed E-state index contributed by atoms with van der Waals surface area (Å²) in [5, 5.41) is 12.0. The Labute approximate surface area is 272 Å². The van der Waals surface area contributed by atoms with Gasteiger partial charge < -0.3 is 26.1 Å². The SMILES string of the molecule is CNC(=O)CCC(C=O)N1C(=O)c2cccc(NCCCCCC(=O)NCCNc3nc4ccc(C)cc4n4c(C)cnc34)c2C1=O. The molecule has 4 amide bonds. The van der Waals surface area contributed by atoms with Gasteiger partial charge >= 0.3 is 0 Å². The Kier molecular flexibility index (Phi) is 10.4. The summed E-state index contributed by atoms with van der Waals surface area (Å²) in [6.07, 6.45) is 5.06. The number of aryl methyl sites for hydroxylation is 2. The molecular weight excluding hydrogens is 600 g/mol. The number of aldehydes is 1. The van der Waals surface area contributed by atoms with E-state index in [0.29, 0.717) is 50.3 Å². The number of carbonyl (C=O) groups excluding carboxylic acids is 5. The fraction of sp³-hybridized carbons (Fsp3) is 0.382. The third kappa shape index (κ3) is 7.24. The van der Waals surface area contributed by atoms with Gasteiger partial charge in [0.1, 0.15) is 6.29 Å². The van der Waals surface area contributed by atoms with Crippen molar-refractivity contribution in [2.75, 3.05) is 37.3 Å². The minimum Gasteiger partial charge on any atom is -0.384 e. The summed E-state index contributed by atoms with van der Waals surface area (Å²) in [4.78, 5) is 72.3. The lowest BCUT2D eigenvalue weighted by Gasteiger charge is -2.21. The number of imide groups is 1. The molecular formula is C34H40N8O5. The number of carbonyl (C=O) groups is 5. The molecule has 4 aromatic rings. The van der Waals surface area contributed by atoms with Crippen molar-refractivity contribution in [1.82, 2.24) is 29.9 Å². The van der Waals surface area contributed by atoms with Crippen molar-refractivity contribution in [2.45, 2.75) is 58.4 Å². The Hall–Kier alpha value is -5.33. The summed E-state index contributed by atoms with van der Waals surface area (Å²) in [7, 11) is 1.48. The van der Waals surface area contributed by atoms with Crippen LogP contribution in [0, 0.1) is 13.8 Å². The molecule has 5 rings (SSSR count). The second-order valence-electron chi connectivity index (χ2n) is 11.6. The van der Waals surface area contributed by atoms with Crippen LogP contribution in [0.2, 0.25) is 0 Å². The number of anilines is 2. The summed E-state index contributed by atoms with van der Waals surface area (Å²) in [5.74, 6) is -0.735. The number of imidazole rings is 1. The Bertz CT molecular complexity index is 1830. The molecule has 0 radical (unpaired) electrons. The molecule has 1 aliphatic heterocycles. The molecule has 2 aromatic carbocycles. The van der Waals surface area contributed by atoms with Gasteiger partial charge in [-0.3, -0.25) is 28.5 Å². The minimum absolute atomic E-state index is 0.0188. The first-order valence-corrected chi connectivity index (χ1v) is 15.9. The number of hydrogen-bond donors (Lipinski definition) is 4. The van der Waals surface area contributed by atoms with Gasteiger partial charge in [-0.15, -0.1) is 0 Å². The van der Waals surface area contributed by atoms with E-state index in [2.05, 4.69) is 36.7 Å². The van der Waals surface area contributed by atoms with Crippen molar-refractivity contribution < 1.29 is 24.0 Å². The molecule has 47 heavy (non-hydrogen) atoms. The molecule has 0 saturated heterocycles. The van der Waals surface area contributed by atoms with Crippen LogP contribution in [0.25, 0.3) is 16.7 Å². The second kappa shape index (κ2) is 14.8. The van der Waals surface area contributed by atoms with E-state index in [1.807, 2.05) is 32.2 Å². The van der Waals surface area contributed by atoms with Crippen molar-refractivity contribution in [2.24, 2.45) is 0 Å². The maximum atomic E-state index is 13.2. The van der Waals surface area contributed by atoms with Crippen molar-refractivity contribution >= 4 is 58.1 Å². The molecule has 1 aliphatic rings. The standard InChI is InChI=1S/C34H40N8O5/c1-21-11-13-25-27(18-21)41-22(2)19-39-32(41)31(40-25)38-17-16-37-29(45)10-5-4-6-15-36-26-9-7-8-24-30(26)34(47)42(33(24)46)23(20-43)12-14-28(44)35-3/h7-9,11,13,18-20,23,36H,4-6,10,12,14-17H2,1-3H3,(H,35,44)(H,37,45)(H,38,40). The number of rotatable bonds is 16. The van der Waals surface area contributed by atoms with Crippen molar-refractivity contribution in [1.29, 1.82) is 0 Å². The van der Waals surface area contributed by atoms with E-state index in [1.54, 1.807) is 18.2 Å². The highest BCUT2D eigenvalue weighted by molar-refractivity contribution is 6.24. The van der Waals surface area contributed by atoms with Crippen LogP contribution >= 0.6 is 0 Å². The van der Waals surface area contributed by atoms with E-state index in [-0.39, 0.29) is 35.8 Å². The fourth-order valence-corrected chi connectivity index (χ4v) is 5.80. The topological polar surface area (TPSA) is 167 Å². The minimum atomic E-state index is -1.02. The molecule has 3 heterocycles. The number of nitrogens with zero attached hydrogens (tertiary/aromatic N) is 4. The van der Waals surface area contributed by atoms with E-state index in [1.165, 1.54) is 7.05 Å². The van der Waals surface area contributed by atoms with Gasteiger partial charge in [-0.25, -0.2) is 9.97 Å². The first-order valence-electron chi connectivity index (χ1n) is 15.9. The second-order valence-corrected chi connectivity index (χ2v) is 11.6. The van der Waals surface area contributed by atoms with Gasteiger partial charge in [-0.05, 0) is 62.9 Å². The summed E-state index contributed by atoms with van der Waals surface area (Å²) >= 11 is 0. The monoisotopic (exact) mass is 640 g/mol. The number of nitrogens with one attached hydrogen (secondary N) is 4. The Balaban J connectivity index is 1.04. The van der Waals surface area contributed by atoms with Gasteiger partial charge in [-0.2, -0.15) is 0 Å². The Morgan fingerprint density at radius 2 is 1.77 bits per heavy atom. The molecule has 1 unspecified atom stereocenters. The van der Waals surface area contributed by atoms with E-state index in [9.17, 15) is 24.0 Å². The molecule has 2 aromatic heterocycles. The van der Waals surface area contributed by atoms with E-state index < -0.39 is 17.9 Å². The molecule has 0 saturated carbocycles. The highest BCUT2D eigenvalue weighted by Gasteiger charge is 2.41. The number of hydrogen-bond acceptors (Lipinski definition) is 9. The molecule has 0 spiro atoms. The van der Waals surface area contributed by atoms with Crippen LogP contribution < -0.4 is 21.3 Å². The molecule has 13 heteroatoms. The van der Waals surface area contributed by atoms with Crippen molar-refractivity contribution in [3.8, 4) is 0 Å².